The fourth-order valence-corrected chi connectivity index (χ4v) is 1.11. The number of nitrogens with zero attached hydrogens (tertiary/aromatic N) is 1. The second kappa shape index (κ2) is 11.2. The van der Waals surface area contributed by atoms with Crippen molar-refractivity contribution in [3.8, 4) is 6.07 Å². The summed E-state index contributed by atoms with van der Waals surface area (Å²) >= 11 is 0. The molecule has 0 spiro atoms. The number of carboxylic acid groups (broad SMARTS) is 1. The van der Waals surface area contributed by atoms with Gasteiger partial charge in [0.1, 0.15) is 6.29 Å². The van der Waals surface area contributed by atoms with Crippen molar-refractivity contribution in [2.45, 2.75) is 6.92 Å². The van der Waals surface area contributed by atoms with Crippen LogP contribution in [-0.4, -0.2) is 17.4 Å². The highest BCUT2D eigenvalue weighted by molar-refractivity contribution is 5.87. The van der Waals surface area contributed by atoms with Crippen molar-refractivity contribution >= 4 is 12.3 Å². The zero-order valence-electron chi connectivity index (χ0n) is 11.1. The molecule has 0 saturated carbocycles. The second-order valence-corrected chi connectivity index (χ2v) is 3.42. The maximum atomic E-state index is 10.2. The highest BCUT2D eigenvalue weighted by atomic mass is 16.4. The van der Waals surface area contributed by atoms with Gasteiger partial charge in [-0.3, -0.25) is 4.79 Å². The minimum absolute atomic E-state index is 0.331. The van der Waals surface area contributed by atoms with Gasteiger partial charge in [-0.2, -0.15) is 5.26 Å². The number of benzene rings is 2. The maximum Gasteiger partial charge on any atom is 0.335 e. The topological polar surface area (TPSA) is 78.2 Å². The van der Waals surface area contributed by atoms with Gasteiger partial charge < -0.3 is 5.11 Å². The molecule has 2 aromatic rings. The number of aldehydes is 1. The molecule has 0 fully saturated rings. The molecule has 0 aliphatic rings. The van der Waals surface area contributed by atoms with Crippen molar-refractivity contribution in [1.29, 1.82) is 5.26 Å². The lowest BCUT2D eigenvalue weighted by Crippen LogP contribution is -1.93. The van der Waals surface area contributed by atoms with Crippen LogP contribution < -0.4 is 0 Å². The average molecular weight is 269 g/mol. The van der Waals surface area contributed by atoms with Gasteiger partial charge in [0.05, 0.1) is 11.6 Å². The Morgan fingerprint density at radius 2 is 1.45 bits per heavy atom. The Hall–Kier alpha value is -2.93. The molecule has 0 aliphatic heterocycles. The molecular weight excluding hydrogens is 254 g/mol. The Morgan fingerprint density at radius 3 is 1.70 bits per heavy atom. The lowest BCUT2D eigenvalue weighted by atomic mass is 10.2. The van der Waals surface area contributed by atoms with E-state index >= 15 is 0 Å². The van der Waals surface area contributed by atoms with Gasteiger partial charge in [0, 0.05) is 12.5 Å². The Labute approximate surface area is 117 Å². The van der Waals surface area contributed by atoms with Crippen LogP contribution in [0, 0.1) is 11.3 Å². The van der Waals surface area contributed by atoms with Crippen LogP contribution in [0.3, 0.4) is 0 Å². The minimum Gasteiger partial charge on any atom is -0.478 e. The zero-order chi connectivity index (χ0) is 15.2. The molecule has 4 heteroatoms. The number of carbonyl (C=O) groups is 2. The van der Waals surface area contributed by atoms with Crippen LogP contribution in [0.25, 0.3) is 0 Å². The van der Waals surface area contributed by atoms with E-state index in [0.717, 1.165) is 11.8 Å². The first-order chi connectivity index (χ1) is 9.65. The first-order valence-electron chi connectivity index (χ1n) is 5.75. The van der Waals surface area contributed by atoms with Gasteiger partial charge in [-0.25, -0.2) is 4.79 Å². The molecule has 0 unspecified atom stereocenters. The first kappa shape index (κ1) is 17.1. The Morgan fingerprint density at radius 1 is 1.05 bits per heavy atom. The van der Waals surface area contributed by atoms with Crippen LogP contribution in [0.2, 0.25) is 0 Å². The summed E-state index contributed by atoms with van der Waals surface area (Å²) in [5.41, 5.74) is 1.06. The van der Waals surface area contributed by atoms with Crippen molar-refractivity contribution in [1.82, 2.24) is 0 Å². The van der Waals surface area contributed by atoms with Crippen LogP contribution in [0.4, 0.5) is 0 Å². The zero-order valence-corrected chi connectivity index (χ0v) is 11.1. The van der Waals surface area contributed by atoms with Gasteiger partial charge in [0.2, 0.25) is 0 Å². The lowest BCUT2D eigenvalue weighted by molar-refractivity contribution is 0.0696. The maximum absolute atomic E-state index is 10.2. The average Bonchev–Trinajstić information content (AvgIpc) is 2.50. The van der Waals surface area contributed by atoms with Crippen molar-refractivity contribution in [2.24, 2.45) is 0 Å². The lowest BCUT2D eigenvalue weighted by Gasteiger charge is -1.88. The highest BCUT2D eigenvalue weighted by Gasteiger charge is 1.96. The number of nitriles is 1. The molecule has 2 rings (SSSR count). The fourth-order valence-electron chi connectivity index (χ4n) is 1.11. The molecule has 0 radical (unpaired) electrons. The van der Waals surface area contributed by atoms with Crippen LogP contribution in [0.5, 0.6) is 0 Å². The summed E-state index contributed by atoms with van der Waals surface area (Å²) in [6, 6.07) is 19.1. The van der Waals surface area contributed by atoms with E-state index in [4.69, 9.17) is 10.4 Å². The number of hydrogen-bond donors (Lipinski definition) is 1. The summed E-state index contributed by atoms with van der Waals surface area (Å²) in [6.45, 7) is 1.43. The Kier molecular flexibility index (Phi) is 9.54. The molecule has 1 N–H and O–H groups in total. The van der Waals surface area contributed by atoms with Crippen molar-refractivity contribution < 1.29 is 14.7 Å². The summed E-state index contributed by atoms with van der Waals surface area (Å²) in [6.07, 6.45) is 0.833. The van der Waals surface area contributed by atoms with Gasteiger partial charge in [0.15, 0.2) is 0 Å². The summed E-state index contributed by atoms with van der Waals surface area (Å²) in [7, 11) is 0. The van der Waals surface area contributed by atoms with Gasteiger partial charge >= 0.3 is 5.97 Å². The van der Waals surface area contributed by atoms with Gasteiger partial charge in [-0.1, -0.05) is 48.5 Å². The van der Waals surface area contributed by atoms with E-state index in [1.54, 1.807) is 48.5 Å². The van der Waals surface area contributed by atoms with Crippen LogP contribution in [-0.2, 0) is 0 Å². The third-order valence-corrected chi connectivity index (χ3v) is 1.96. The van der Waals surface area contributed by atoms with Gasteiger partial charge in [0.25, 0.3) is 0 Å². The third kappa shape index (κ3) is 8.20. The van der Waals surface area contributed by atoms with E-state index in [1.165, 1.54) is 6.92 Å². The predicted molar refractivity (Wildman–Crippen MR) is 76.5 cm³/mol. The molecule has 0 heterocycles. The molecule has 0 bridgehead atoms. The monoisotopic (exact) mass is 269 g/mol. The van der Waals surface area contributed by atoms with Crippen molar-refractivity contribution in [3.63, 3.8) is 0 Å². The number of rotatable bonds is 2. The molecule has 102 valence electrons. The molecular formula is C16H15NO3. The summed E-state index contributed by atoms with van der Waals surface area (Å²) < 4.78 is 0. The SMILES string of the molecule is CC#N.O=C(O)c1ccccc1.O=Cc1ccccc1. The third-order valence-electron chi connectivity index (χ3n) is 1.96. The number of aromatic carboxylic acids is 1. The first-order valence-corrected chi connectivity index (χ1v) is 5.75. The van der Waals surface area contributed by atoms with Crippen LogP contribution in [0.1, 0.15) is 27.6 Å². The number of hydrogen-bond acceptors (Lipinski definition) is 3. The van der Waals surface area contributed by atoms with E-state index in [2.05, 4.69) is 0 Å². The van der Waals surface area contributed by atoms with E-state index in [1.807, 2.05) is 18.2 Å². The fraction of sp³-hybridized carbons (Fsp3) is 0.0625. The van der Waals surface area contributed by atoms with E-state index in [9.17, 15) is 9.59 Å². The van der Waals surface area contributed by atoms with E-state index in [-0.39, 0.29) is 0 Å². The summed E-state index contributed by atoms with van der Waals surface area (Å²) in [5, 5.41) is 15.7. The molecule has 4 nitrogen and oxygen atoms in total. The van der Waals surface area contributed by atoms with Gasteiger partial charge in [-0.05, 0) is 12.1 Å². The number of carbonyl (C=O) groups excluding carboxylic acids is 1. The Balaban J connectivity index is 0.000000304. The largest absolute Gasteiger partial charge is 0.478 e. The minimum atomic E-state index is -0.879. The molecule has 2 aromatic carbocycles. The molecule has 0 aliphatic carbocycles. The molecule has 0 atom stereocenters. The predicted octanol–water partition coefficient (Wildman–Crippen LogP) is 3.41. The quantitative estimate of drug-likeness (QED) is 0.847. The second-order valence-electron chi connectivity index (χ2n) is 3.42. The van der Waals surface area contributed by atoms with Crippen LogP contribution >= 0.6 is 0 Å². The summed E-state index contributed by atoms with van der Waals surface area (Å²) in [5.74, 6) is -0.879. The summed E-state index contributed by atoms with van der Waals surface area (Å²) in [4.78, 5) is 20.2. The van der Waals surface area contributed by atoms with Gasteiger partial charge in [-0.15, -0.1) is 0 Å². The normalized spacial score (nSPS) is 7.80. The van der Waals surface area contributed by atoms with Crippen molar-refractivity contribution in [3.05, 3.63) is 71.8 Å². The van der Waals surface area contributed by atoms with E-state index < -0.39 is 5.97 Å². The Bertz CT molecular complexity index is 545. The standard InChI is InChI=1S/C7H6O2.C7H6O.C2H3N/c8-7(9)6-4-2-1-3-5-6;8-6-7-4-2-1-3-5-7;1-2-3/h1-5H,(H,8,9);1-6H;1H3. The molecule has 0 aromatic heterocycles. The number of carboxylic acids is 1. The highest BCUT2D eigenvalue weighted by Crippen LogP contribution is 1.96. The van der Waals surface area contributed by atoms with Crippen LogP contribution in [0.15, 0.2) is 60.7 Å². The molecule has 0 saturated heterocycles. The molecule has 20 heavy (non-hydrogen) atoms. The van der Waals surface area contributed by atoms with Crippen molar-refractivity contribution in [2.75, 3.05) is 0 Å². The van der Waals surface area contributed by atoms with E-state index in [0.29, 0.717) is 5.56 Å². The molecule has 0 amide bonds. The smallest absolute Gasteiger partial charge is 0.335 e.